The second kappa shape index (κ2) is 5.61. The van der Waals surface area contributed by atoms with Gasteiger partial charge in [0.15, 0.2) is 0 Å². The van der Waals surface area contributed by atoms with E-state index < -0.39 is 0 Å². The predicted octanol–water partition coefficient (Wildman–Crippen LogP) is 1.75. The number of benzene rings is 1. The molecule has 0 unspecified atom stereocenters. The quantitative estimate of drug-likeness (QED) is 0.849. The van der Waals surface area contributed by atoms with Gasteiger partial charge in [0, 0.05) is 18.7 Å². The number of aryl methyl sites for hydroxylation is 1. The van der Waals surface area contributed by atoms with Gasteiger partial charge < -0.3 is 15.8 Å². The summed E-state index contributed by atoms with van der Waals surface area (Å²) in [6.45, 7) is 2.95. The Morgan fingerprint density at radius 3 is 2.74 bits per heavy atom. The summed E-state index contributed by atoms with van der Waals surface area (Å²) in [6.07, 6.45) is 2.90. The highest BCUT2D eigenvalue weighted by molar-refractivity contribution is 5.83. The van der Waals surface area contributed by atoms with E-state index in [1.54, 1.807) is 7.11 Å². The average Bonchev–Trinajstić information content (AvgIpc) is 2.36. The van der Waals surface area contributed by atoms with E-state index in [0.29, 0.717) is 13.1 Å². The third kappa shape index (κ3) is 2.73. The number of rotatable bonds is 5. The molecular formula is C15H22N2O2. The van der Waals surface area contributed by atoms with E-state index in [1.807, 2.05) is 25.1 Å². The number of nitrogens with two attached hydrogens (primary N) is 1. The zero-order valence-corrected chi connectivity index (χ0v) is 11.7. The molecule has 2 rings (SSSR count). The molecule has 0 radical (unpaired) electrons. The smallest absolute Gasteiger partial charge is 0.227 e. The van der Waals surface area contributed by atoms with Gasteiger partial charge in [-0.15, -0.1) is 0 Å². The maximum absolute atomic E-state index is 12.2. The summed E-state index contributed by atoms with van der Waals surface area (Å²) in [5, 5.41) is 3.00. The first kappa shape index (κ1) is 13.9. The van der Waals surface area contributed by atoms with Crippen LogP contribution in [0.5, 0.6) is 5.75 Å². The molecule has 0 aromatic heterocycles. The van der Waals surface area contributed by atoms with Crippen LogP contribution in [0.25, 0.3) is 0 Å². The van der Waals surface area contributed by atoms with Crippen LogP contribution in [-0.4, -0.2) is 19.6 Å². The number of amides is 1. The fourth-order valence-electron chi connectivity index (χ4n) is 2.54. The van der Waals surface area contributed by atoms with Gasteiger partial charge in [0.2, 0.25) is 5.91 Å². The Balaban J connectivity index is 2.02. The van der Waals surface area contributed by atoms with Crippen molar-refractivity contribution in [2.24, 2.45) is 11.1 Å². The Bertz CT molecular complexity index is 462. The van der Waals surface area contributed by atoms with Crippen molar-refractivity contribution in [1.82, 2.24) is 5.32 Å². The van der Waals surface area contributed by atoms with Gasteiger partial charge in [-0.1, -0.05) is 24.1 Å². The van der Waals surface area contributed by atoms with Gasteiger partial charge in [0.25, 0.3) is 0 Å². The first-order chi connectivity index (χ1) is 9.11. The fourth-order valence-corrected chi connectivity index (χ4v) is 2.54. The molecule has 4 nitrogen and oxygen atoms in total. The third-order valence-electron chi connectivity index (χ3n) is 4.06. The molecule has 1 aromatic carbocycles. The lowest BCUT2D eigenvalue weighted by molar-refractivity contribution is -0.135. The maximum atomic E-state index is 12.2. The van der Waals surface area contributed by atoms with Gasteiger partial charge in [-0.3, -0.25) is 4.79 Å². The number of carbonyl (C=O) groups excluding carboxylic acids is 1. The molecular weight excluding hydrogens is 240 g/mol. The molecule has 0 atom stereocenters. The molecule has 4 heteroatoms. The molecule has 104 valence electrons. The Morgan fingerprint density at radius 1 is 1.47 bits per heavy atom. The first-order valence-corrected chi connectivity index (χ1v) is 6.73. The van der Waals surface area contributed by atoms with Crippen LogP contribution < -0.4 is 15.8 Å². The topological polar surface area (TPSA) is 64.3 Å². The number of nitrogens with one attached hydrogen (secondary N) is 1. The molecule has 1 amide bonds. The highest BCUT2D eigenvalue weighted by Gasteiger charge is 2.42. The van der Waals surface area contributed by atoms with Crippen LogP contribution in [0.3, 0.4) is 0 Å². The fraction of sp³-hybridized carbons (Fsp3) is 0.533. The monoisotopic (exact) mass is 262 g/mol. The Kier molecular flexibility index (Phi) is 4.10. The molecule has 19 heavy (non-hydrogen) atoms. The van der Waals surface area contributed by atoms with Gasteiger partial charge in [0.05, 0.1) is 12.5 Å². The van der Waals surface area contributed by atoms with E-state index >= 15 is 0 Å². The lowest BCUT2D eigenvalue weighted by Crippen LogP contribution is -2.50. The van der Waals surface area contributed by atoms with Crippen LogP contribution in [0.15, 0.2) is 18.2 Å². The standard InChI is InChI=1S/C15H22N2O2/c1-11-4-5-13(19-2)12(8-11)9-17-14(18)15(10-16)6-3-7-15/h4-5,8H,3,6-7,9-10,16H2,1-2H3,(H,17,18). The highest BCUT2D eigenvalue weighted by atomic mass is 16.5. The van der Waals surface area contributed by atoms with Crippen LogP contribution in [0.4, 0.5) is 0 Å². The maximum Gasteiger partial charge on any atom is 0.227 e. The largest absolute Gasteiger partial charge is 0.496 e. The lowest BCUT2D eigenvalue weighted by atomic mass is 9.68. The number of carbonyl (C=O) groups is 1. The van der Waals surface area contributed by atoms with Gasteiger partial charge >= 0.3 is 0 Å². The van der Waals surface area contributed by atoms with Crippen molar-refractivity contribution >= 4 is 5.91 Å². The van der Waals surface area contributed by atoms with E-state index in [1.165, 1.54) is 0 Å². The van der Waals surface area contributed by atoms with E-state index in [2.05, 4.69) is 5.32 Å². The van der Waals surface area contributed by atoms with E-state index in [-0.39, 0.29) is 11.3 Å². The number of ether oxygens (including phenoxy) is 1. The lowest BCUT2D eigenvalue weighted by Gasteiger charge is -2.39. The predicted molar refractivity (Wildman–Crippen MR) is 74.9 cm³/mol. The normalized spacial score (nSPS) is 16.6. The van der Waals surface area contributed by atoms with Gasteiger partial charge in [-0.05, 0) is 25.8 Å². The molecule has 0 saturated heterocycles. The van der Waals surface area contributed by atoms with E-state index in [9.17, 15) is 4.79 Å². The van der Waals surface area contributed by atoms with E-state index in [4.69, 9.17) is 10.5 Å². The first-order valence-electron chi connectivity index (χ1n) is 6.73. The minimum Gasteiger partial charge on any atom is -0.496 e. The molecule has 1 aromatic rings. The van der Waals surface area contributed by atoms with Gasteiger partial charge in [0.1, 0.15) is 5.75 Å². The van der Waals surface area contributed by atoms with Crippen molar-refractivity contribution in [1.29, 1.82) is 0 Å². The molecule has 3 N–H and O–H groups in total. The van der Waals surface area contributed by atoms with Crippen molar-refractivity contribution in [2.45, 2.75) is 32.7 Å². The van der Waals surface area contributed by atoms with E-state index in [0.717, 1.165) is 36.1 Å². The Morgan fingerprint density at radius 2 is 2.21 bits per heavy atom. The molecule has 1 aliphatic rings. The van der Waals surface area contributed by atoms with Crippen molar-refractivity contribution in [3.05, 3.63) is 29.3 Å². The summed E-state index contributed by atoms with van der Waals surface area (Å²) < 4.78 is 5.31. The zero-order chi connectivity index (χ0) is 13.9. The molecule has 1 fully saturated rings. The Hall–Kier alpha value is -1.55. The van der Waals surface area contributed by atoms with Crippen molar-refractivity contribution < 1.29 is 9.53 Å². The van der Waals surface area contributed by atoms with Gasteiger partial charge in [-0.2, -0.15) is 0 Å². The zero-order valence-electron chi connectivity index (χ0n) is 11.7. The molecule has 1 aliphatic carbocycles. The SMILES string of the molecule is COc1ccc(C)cc1CNC(=O)C1(CN)CCC1. The highest BCUT2D eigenvalue weighted by Crippen LogP contribution is 2.40. The molecule has 0 spiro atoms. The second-order valence-electron chi connectivity index (χ2n) is 5.34. The van der Waals surface area contributed by atoms with Gasteiger partial charge in [-0.25, -0.2) is 0 Å². The minimum atomic E-state index is -0.322. The summed E-state index contributed by atoms with van der Waals surface area (Å²) >= 11 is 0. The van der Waals surface area contributed by atoms with Crippen LogP contribution in [-0.2, 0) is 11.3 Å². The average molecular weight is 262 g/mol. The van der Waals surface area contributed by atoms with Crippen LogP contribution in [0.1, 0.15) is 30.4 Å². The summed E-state index contributed by atoms with van der Waals surface area (Å²) in [5.41, 5.74) is 7.57. The van der Waals surface area contributed by atoms with Crippen molar-refractivity contribution in [3.63, 3.8) is 0 Å². The number of methoxy groups -OCH3 is 1. The molecule has 1 saturated carbocycles. The van der Waals surface area contributed by atoms with Crippen molar-refractivity contribution in [3.8, 4) is 5.75 Å². The van der Waals surface area contributed by atoms with Crippen LogP contribution in [0, 0.1) is 12.3 Å². The molecule has 0 heterocycles. The van der Waals surface area contributed by atoms with Crippen LogP contribution >= 0.6 is 0 Å². The summed E-state index contributed by atoms with van der Waals surface area (Å²) in [4.78, 5) is 12.2. The second-order valence-corrected chi connectivity index (χ2v) is 5.34. The summed E-state index contributed by atoms with van der Waals surface area (Å²) in [7, 11) is 1.64. The molecule has 0 aliphatic heterocycles. The van der Waals surface area contributed by atoms with Crippen LogP contribution in [0.2, 0.25) is 0 Å². The summed E-state index contributed by atoms with van der Waals surface area (Å²) in [6, 6.07) is 5.96. The molecule has 0 bridgehead atoms. The van der Waals surface area contributed by atoms with Crippen molar-refractivity contribution in [2.75, 3.05) is 13.7 Å². The minimum absolute atomic E-state index is 0.0739. The third-order valence-corrected chi connectivity index (χ3v) is 4.06. The number of hydrogen-bond donors (Lipinski definition) is 2. The Labute approximate surface area is 114 Å². The number of hydrogen-bond acceptors (Lipinski definition) is 3. The summed E-state index contributed by atoms with van der Waals surface area (Å²) in [5.74, 6) is 0.881.